The predicted molar refractivity (Wildman–Crippen MR) is 112 cm³/mol. The van der Waals surface area contributed by atoms with Gasteiger partial charge in [-0.15, -0.1) is 0 Å². The zero-order valence-electron chi connectivity index (χ0n) is 12.5. The van der Waals surface area contributed by atoms with Crippen molar-refractivity contribution in [2.24, 2.45) is 0 Å². The lowest BCUT2D eigenvalue weighted by Crippen LogP contribution is -2.06. The molecule has 0 aliphatic heterocycles. The Labute approximate surface area is 173 Å². The highest BCUT2D eigenvalue weighted by Crippen LogP contribution is 2.59. The maximum absolute atomic E-state index is 13.3. The van der Waals surface area contributed by atoms with Crippen molar-refractivity contribution in [1.29, 1.82) is 0 Å². The number of rotatable bonds is 2. The minimum atomic E-state index is -4.43. The molecule has 0 saturated heterocycles. The fourth-order valence-electron chi connectivity index (χ4n) is 2.45. The fourth-order valence-corrected chi connectivity index (χ4v) is 4.40. The number of benzene rings is 2. The smallest absolute Gasteiger partial charge is 0.166 e. The summed E-state index contributed by atoms with van der Waals surface area (Å²) in [4.78, 5) is 0. The highest BCUT2D eigenvalue weighted by Gasteiger charge is 2.46. The first-order valence-electron chi connectivity index (χ1n) is 7.21. The van der Waals surface area contributed by atoms with Crippen molar-refractivity contribution in [2.45, 2.75) is 6.18 Å². The van der Waals surface area contributed by atoms with E-state index in [1.807, 2.05) is 60.7 Å². The summed E-state index contributed by atoms with van der Waals surface area (Å²) in [5.74, 6) is 0. The largest absolute Gasteiger partial charge is 0.423 e. The first-order valence-corrected chi connectivity index (χ1v) is 9.87. The molecule has 1 fully saturated rings. The van der Waals surface area contributed by atoms with Crippen molar-refractivity contribution in [1.82, 2.24) is 0 Å². The Balaban J connectivity index is 2.23. The summed E-state index contributed by atoms with van der Waals surface area (Å²) < 4.78 is 40.5. The number of allylic oxidation sites excluding steroid dienone is 4. The van der Waals surface area contributed by atoms with Crippen LogP contribution in [-0.2, 0) is 0 Å². The molecule has 0 radical (unpaired) electrons. The Morgan fingerprint density at radius 1 is 0.720 bits per heavy atom. The lowest BCUT2D eigenvalue weighted by atomic mass is 10.2. The third-order valence-corrected chi connectivity index (χ3v) is 6.51. The normalized spacial score (nSPS) is 20.2. The second-order valence-corrected chi connectivity index (χ2v) is 7.96. The highest BCUT2D eigenvalue weighted by atomic mass is 127. The summed E-state index contributed by atoms with van der Waals surface area (Å²) in [6, 6.07) is 18.7. The van der Waals surface area contributed by atoms with E-state index in [4.69, 9.17) is 0 Å². The summed E-state index contributed by atoms with van der Waals surface area (Å²) in [5, 5.41) is 0. The minimum absolute atomic E-state index is 0.205. The highest BCUT2D eigenvalue weighted by molar-refractivity contribution is 14.1. The van der Waals surface area contributed by atoms with Crippen LogP contribution in [0.5, 0.6) is 0 Å². The molecule has 3 rings (SSSR count). The van der Waals surface area contributed by atoms with Crippen molar-refractivity contribution in [3.8, 4) is 0 Å². The van der Waals surface area contributed by atoms with Crippen LogP contribution in [0.25, 0.3) is 8.06 Å². The predicted octanol–water partition coefficient (Wildman–Crippen LogP) is 7.86. The lowest BCUT2D eigenvalue weighted by Gasteiger charge is -2.02. The molecule has 25 heavy (non-hydrogen) atoms. The zero-order chi connectivity index (χ0) is 18.2. The van der Waals surface area contributed by atoms with E-state index in [0.29, 0.717) is 15.6 Å². The quantitative estimate of drug-likeness (QED) is 0.317. The van der Waals surface area contributed by atoms with E-state index in [9.17, 15) is 13.2 Å². The van der Waals surface area contributed by atoms with Gasteiger partial charge in [0.05, 0.1) is 0 Å². The first-order chi connectivity index (χ1) is 11.8. The van der Waals surface area contributed by atoms with Crippen molar-refractivity contribution in [3.63, 3.8) is 0 Å². The zero-order valence-corrected chi connectivity index (χ0v) is 17.9. The van der Waals surface area contributed by atoms with Gasteiger partial charge in [0.25, 0.3) is 0 Å². The van der Waals surface area contributed by atoms with Gasteiger partial charge < -0.3 is 0 Å². The summed E-state index contributed by atoms with van der Waals surface area (Å²) in [5.41, 5.74) is 3.14. The van der Waals surface area contributed by atoms with Crippen LogP contribution < -0.4 is 0 Å². The molecule has 1 aliphatic rings. The van der Waals surface area contributed by atoms with Crippen LogP contribution in [0, 0.1) is 0 Å². The number of hydrogen-bond donors (Lipinski definition) is 0. The van der Waals surface area contributed by atoms with Crippen LogP contribution in [-0.4, -0.2) is 6.18 Å². The maximum atomic E-state index is 13.3. The van der Waals surface area contributed by atoms with Gasteiger partial charge in [-0.1, -0.05) is 60.7 Å². The molecule has 0 aromatic heterocycles. The molecule has 0 nitrogen and oxygen atoms in total. The summed E-state index contributed by atoms with van der Waals surface area (Å²) in [6.45, 7) is 0. The molecule has 0 spiro atoms. The fraction of sp³-hybridized carbons (Fsp3) is 0.0526. The molecule has 0 atom stereocenters. The van der Waals surface area contributed by atoms with Crippen molar-refractivity contribution in [2.75, 3.05) is 0 Å². The molecular formula is C19H10Br2F3I. The van der Waals surface area contributed by atoms with Crippen LogP contribution in [0.1, 0.15) is 11.1 Å². The molecule has 128 valence electrons. The first kappa shape index (κ1) is 18.9. The van der Waals surface area contributed by atoms with E-state index in [0.717, 1.165) is 14.7 Å². The monoisotopic (exact) mass is 580 g/mol. The lowest BCUT2D eigenvalue weighted by molar-refractivity contribution is -0.0830. The Hall–Kier alpha value is -0.860. The SMILES string of the molecule is FC(F)(F)/C(Br)=C1\C(=C(Br)c2ccccc2)\C1=C(\I)c1ccccc1. The Bertz CT molecular complexity index is 832. The molecule has 1 aliphatic carbocycles. The maximum Gasteiger partial charge on any atom is 0.423 e. The van der Waals surface area contributed by atoms with E-state index < -0.39 is 10.7 Å². The van der Waals surface area contributed by atoms with Gasteiger partial charge in [-0.05, 0) is 65.6 Å². The van der Waals surface area contributed by atoms with Gasteiger partial charge >= 0.3 is 6.18 Å². The number of hydrogen-bond acceptors (Lipinski definition) is 0. The van der Waals surface area contributed by atoms with Crippen molar-refractivity contribution in [3.05, 3.63) is 93.0 Å². The molecule has 2 aromatic carbocycles. The Morgan fingerprint density at radius 2 is 1.20 bits per heavy atom. The second-order valence-electron chi connectivity index (χ2n) is 5.30. The van der Waals surface area contributed by atoms with E-state index in [1.54, 1.807) is 0 Å². The standard InChI is InChI=1S/C19H10Br2F3I/c20-16(11-7-3-1-4-8-11)13-14(15(13)18(21)19(22,23)24)17(25)12-9-5-2-6-10-12/h1-10H/b16-13?,17-14-,18-15-. The van der Waals surface area contributed by atoms with Gasteiger partial charge in [0.1, 0.15) is 4.48 Å². The van der Waals surface area contributed by atoms with Crippen LogP contribution in [0.4, 0.5) is 13.2 Å². The molecule has 0 bridgehead atoms. The molecule has 1 saturated carbocycles. The topological polar surface area (TPSA) is 0 Å². The molecule has 0 amide bonds. The van der Waals surface area contributed by atoms with Crippen molar-refractivity contribution >= 4 is 62.5 Å². The van der Waals surface area contributed by atoms with Crippen LogP contribution >= 0.6 is 54.5 Å². The van der Waals surface area contributed by atoms with Crippen molar-refractivity contribution < 1.29 is 13.2 Å². The second kappa shape index (κ2) is 7.40. The third kappa shape index (κ3) is 3.95. The van der Waals surface area contributed by atoms with E-state index in [1.165, 1.54) is 0 Å². The summed E-state index contributed by atoms with van der Waals surface area (Å²) in [6.07, 6.45) is -4.43. The molecule has 0 heterocycles. The van der Waals surface area contributed by atoms with Crippen LogP contribution in [0.15, 0.2) is 81.9 Å². The Kier molecular flexibility index (Phi) is 5.60. The molecule has 0 N–H and O–H groups in total. The third-order valence-electron chi connectivity index (χ3n) is 3.65. The average Bonchev–Trinajstić information content (AvgIpc) is 3.35. The molecule has 0 unspecified atom stereocenters. The van der Waals surface area contributed by atoms with E-state index in [2.05, 4.69) is 54.5 Å². The van der Waals surface area contributed by atoms with Crippen LogP contribution in [0.2, 0.25) is 0 Å². The molecule has 2 aromatic rings. The van der Waals surface area contributed by atoms with Gasteiger partial charge in [0, 0.05) is 24.8 Å². The average molecular weight is 582 g/mol. The van der Waals surface area contributed by atoms with Gasteiger partial charge in [-0.3, -0.25) is 0 Å². The van der Waals surface area contributed by atoms with Crippen LogP contribution in [0.3, 0.4) is 0 Å². The van der Waals surface area contributed by atoms with Gasteiger partial charge in [-0.2, -0.15) is 13.2 Å². The number of alkyl halides is 3. The van der Waals surface area contributed by atoms with E-state index in [-0.39, 0.29) is 5.57 Å². The molecule has 6 heteroatoms. The van der Waals surface area contributed by atoms with Gasteiger partial charge in [0.2, 0.25) is 0 Å². The molecular weight excluding hydrogens is 572 g/mol. The minimum Gasteiger partial charge on any atom is -0.166 e. The Morgan fingerprint density at radius 3 is 1.68 bits per heavy atom. The van der Waals surface area contributed by atoms with Gasteiger partial charge in [-0.25, -0.2) is 0 Å². The van der Waals surface area contributed by atoms with Gasteiger partial charge in [0.15, 0.2) is 0 Å². The summed E-state index contributed by atoms with van der Waals surface area (Å²) >= 11 is 8.35. The van der Waals surface area contributed by atoms with E-state index >= 15 is 0 Å². The number of halogens is 6. The summed E-state index contributed by atoms with van der Waals surface area (Å²) in [7, 11) is 0.